The molecule has 1 aromatic rings. The third kappa shape index (κ3) is 6.24. The molecule has 100 valence electrons. The monoisotopic (exact) mass is 261 g/mol. The predicted octanol–water partition coefficient (Wildman–Crippen LogP) is 2.90. The van der Waals surface area contributed by atoms with Crippen LogP contribution in [0.1, 0.15) is 12.0 Å². The summed E-state index contributed by atoms with van der Waals surface area (Å²) >= 11 is 0. The SMILES string of the molecule is Cc1ccc(NC(=O)CCOCC(F)(F)F)cc1. The fourth-order valence-corrected chi connectivity index (χ4v) is 1.21. The second-order valence-electron chi connectivity index (χ2n) is 3.83. The molecule has 0 aliphatic carbocycles. The van der Waals surface area contributed by atoms with Gasteiger partial charge in [-0.05, 0) is 19.1 Å². The van der Waals surface area contributed by atoms with Gasteiger partial charge in [-0.15, -0.1) is 0 Å². The molecule has 0 spiro atoms. The first-order chi connectivity index (χ1) is 8.37. The van der Waals surface area contributed by atoms with Gasteiger partial charge in [0.25, 0.3) is 0 Å². The molecule has 3 nitrogen and oxygen atoms in total. The van der Waals surface area contributed by atoms with Crippen molar-refractivity contribution in [2.75, 3.05) is 18.5 Å². The third-order valence-corrected chi connectivity index (χ3v) is 2.07. The molecule has 0 saturated heterocycles. The fraction of sp³-hybridized carbons (Fsp3) is 0.417. The summed E-state index contributed by atoms with van der Waals surface area (Å²) in [6, 6.07) is 7.11. The lowest BCUT2D eigenvalue weighted by Gasteiger charge is -2.08. The van der Waals surface area contributed by atoms with Gasteiger partial charge in [0.15, 0.2) is 0 Å². The van der Waals surface area contributed by atoms with E-state index in [2.05, 4.69) is 10.1 Å². The van der Waals surface area contributed by atoms with E-state index in [9.17, 15) is 18.0 Å². The lowest BCUT2D eigenvalue weighted by molar-refractivity contribution is -0.174. The molecular weight excluding hydrogens is 247 g/mol. The number of aryl methyl sites for hydroxylation is 1. The summed E-state index contributed by atoms with van der Waals surface area (Å²) < 4.78 is 39.6. The largest absolute Gasteiger partial charge is 0.411 e. The van der Waals surface area contributed by atoms with E-state index in [1.807, 2.05) is 19.1 Å². The van der Waals surface area contributed by atoms with E-state index in [1.54, 1.807) is 12.1 Å². The Bertz CT molecular complexity index is 387. The van der Waals surface area contributed by atoms with Crippen molar-refractivity contribution in [3.8, 4) is 0 Å². The van der Waals surface area contributed by atoms with Gasteiger partial charge in [-0.25, -0.2) is 0 Å². The molecule has 0 fully saturated rings. The number of alkyl halides is 3. The van der Waals surface area contributed by atoms with Crippen molar-refractivity contribution in [2.24, 2.45) is 0 Å². The fourth-order valence-electron chi connectivity index (χ4n) is 1.21. The zero-order valence-electron chi connectivity index (χ0n) is 9.88. The van der Waals surface area contributed by atoms with E-state index in [1.165, 1.54) is 0 Å². The maximum Gasteiger partial charge on any atom is 0.411 e. The molecule has 0 aromatic heterocycles. The first-order valence-electron chi connectivity index (χ1n) is 5.38. The van der Waals surface area contributed by atoms with Gasteiger partial charge in [0.1, 0.15) is 6.61 Å². The van der Waals surface area contributed by atoms with Crippen LogP contribution in [0.25, 0.3) is 0 Å². The van der Waals surface area contributed by atoms with Crippen molar-refractivity contribution in [2.45, 2.75) is 19.5 Å². The van der Waals surface area contributed by atoms with Crippen LogP contribution in [-0.4, -0.2) is 25.3 Å². The summed E-state index contributed by atoms with van der Waals surface area (Å²) in [6.45, 7) is 0.332. The quantitative estimate of drug-likeness (QED) is 0.828. The van der Waals surface area contributed by atoms with Crippen molar-refractivity contribution >= 4 is 11.6 Å². The molecule has 0 atom stereocenters. The van der Waals surface area contributed by atoms with Crippen LogP contribution < -0.4 is 5.32 Å². The van der Waals surface area contributed by atoms with Crippen LogP contribution in [-0.2, 0) is 9.53 Å². The maximum atomic E-state index is 11.7. The number of hydrogen-bond acceptors (Lipinski definition) is 2. The van der Waals surface area contributed by atoms with E-state index in [0.29, 0.717) is 5.69 Å². The minimum absolute atomic E-state index is 0.107. The highest BCUT2D eigenvalue weighted by Crippen LogP contribution is 2.14. The Morgan fingerprint density at radius 3 is 2.44 bits per heavy atom. The molecule has 1 N–H and O–H groups in total. The lowest BCUT2D eigenvalue weighted by atomic mass is 10.2. The van der Waals surface area contributed by atoms with Gasteiger partial charge in [0.05, 0.1) is 13.0 Å². The van der Waals surface area contributed by atoms with E-state index in [0.717, 1.165) is 5.56 Å². The number of benzene rings is 1. The Morgan fingerprint density at radius 2 is 1.89 bits per heavy atom. The van der Waals surface area contributed by atoms with E-state index in [4.69, 9.17) is 0 Å². The van der Waals surface area contributed by atoms with Crippen LogP contribution in [0.4, 0.5) is 18.9 Å². The number of carbonyl (C=O) groups excluding carboxylic acids is 1. The number of amides is 1. The molecule has 1 amide bonds. The van der Waals surface area contributed by atoms with Crippen molar-refractivity contribution < 1.29 is 22.7 Å². The Hall–Kier alpha value is -1.56. The number of carbonyl (C=O) groups is 1. The summed E-state index contributed by atoms with van der Waals surface area (Å²) in [4.78, 5) is 11.3. The molecule has 0 saturated carbocycles. The van der Waals surface area contributed by atoms with Crippen LogP contribution in [0.2, 0.25) is 0 Å². The maximum absolute atomic E-state index is 11.7. The molecule has 0 heterocycles. The molecule has 0 aliphatic rings. The summed E-state index contributed by atoms with van der Waals surface area (Å²) in [7, 11) is 0. The molecule has 6 heteroatoms. The summed E-state index contributed by atoms with van der Waals surface area (Å²) in [6.07, 6.45) is -4.46. The van der Waals surface area contributed by atoms with Crippen LogP contribution in [0.15, 0.2) is 24.3 Å². The van der Waals surface area contributed by atoms with E-state index < -0.39 is 12.8 Å². The molecule has 1 aromatic carbocycles. The number of nitrogens with one attached hydrogen (secondary N) is 1. The lowest BCUT2D eigenvalue weighted by Crippen LogP contribution is -2.20. The van der Waals surface area contributed by atoms with Crippen LogP contribution in [0.5, 0.6) is 0 Å². The van der Waals surface area contributed by atoms with Gasteiger partial charge < -0.3 is 10.1 Å². The van der Waals surface area contributed by atoms with Gasteiger partial charge in [-0.2, -0.15) is 13.2 Å². The number of hydrogen-bond donors (Lipinski definition) is 1. The molecule has 0 aliphatic heterocycles. The zero-order valence-corrected chi connectivity index (χ0v) is 9.88. The predicted molar refractivity (Wildman–Crippen MR) is 61.3 cm³/mol. The van der Waals surface area contributed by atoms with Crippen molar-refractivity contribution in [3.05, 3.63) is 29.8 Å². The molecule has 0 radical (unpaired) electrons. The summed E-state index contributed by atoms with van der Waals surface area (Å²) in [5, 5.41) is 2.57. The standard InChI is InChI=1S/C12H14F3NO2/c1-9-2-4-10(5-3-9)16-11(17)6-7-18-8-12(13,14)15/h2-5H,6-8H2,1H3,(H,16,17). The number of halogens is 3. The molecular formula is C12H14F3NO2. The molecule has 0 unspecified atom stereocenters. The number of anilines is 1. The van der Waals surface area contributed by atoms with Crippen LogP contribution >= 0.6 is 0 Å². The Morgan fingerprint density at radius 1 is 1.28 bits per heavy atom. The second-order valence-corrected chi connectivity index (χ2v) is 3.83. The number of rotatable bonds is 5. The van der Waals surface area contributed by atoms with Crippen LogP contribution in [0, 0.1) is 6.92 Å². The highest BCUT2D eigenvalue weighted by Gasteiger charge is 2.27. The van der Waals surface area contributed by atoms with Gasteiger partial charge in [0.2, 0.25) is 5.91 Å². The van der Waals surface area contributed by atoms with Crippen molar-refractivity contribution in [3.63, 3.8) is 0 Å². The normalized spacial score (nSPS) is 11.3. The van der Waals surface area contributed by atoms with Crippen molar-refractivity contribution in [1.29, 1.82) is 0 Å². The summed E-state index contributed by atoms with van der Waals surface area (Å²) in [5.41, 5.74) is 1.67. The first kappa shape index (κ1) is 14.5. The topological polar surface area (TPSA) is 38.3 Å². The average Bonchev–Trinajstić information content (AvgIpc) is 2.26. The zero-order chi connectivity index (χ0) is 13.6. The highest BCUT2D eigenvalue weighted by molar-refractivity contribution is 5.90. The smallest absolute Gasteiger partial charge is 0.372 e. The summed E-state index contributed by atoms with van der Waals surface area (Å²) in [5.74, 6) is -0.374. The van der Waals surface area contributed by atoms with Crippen molar-refractivity contribution in [1.82, 2.24) is 0 Å². The minimum atomic E-state index is -4.35. The Balaban J connectivity index is 2.24. The highest BCUT2D eigenvalue weighted by atomic mass is 19.4. The Kier molecular flexibility index (Phi) is 5.15. The Labute approximate surface area is 103 Å². The average molecular weight is 261 g/mol. The second kappa shape index (κ2) is 6.39. The van der Waals surface area contributed by atoms with Crippen LogP contribution in [0.3, 0.4) is 0 Å². The van der Waals surface area contributed by atoms with Gasteiger partial charge in [0, 0.05) is 5.69 Å². The van der Waals surface area contributed by atoms with Gasteiger partial charge >= 0.3 is 6.18 Å². The molecule has 1 rings (SSSR count). The molecule has 18 heavy (non-hydrogen) atoms. The minimum Gasteiger partial charge on any atom is -0.372 e. The first-order valence-corrected chi connectivity index (χ1v) is 5.38. The third-order valence-electron chi connectivity index (χ3n) is 2.07. The van der Waals surface area contributed by atoms with E-state index >= 15 is 0 Å². The number of ether oxygens (including phenoxy) is 1. The molecule has 0 bridgehead atoms. The van der Waals surface area contributed by atoms with E-state index in [-0.39, 0.29) is 18.9 Å². The van der Waals surface area contributed by atoms with Gasteiger partial charge in [-0.1, -0.05) is 17.7 Å². The van der Waals surface area contributed by atoms with Gasteiger partial charge in [-0.3, -0.25) is 4.79 Å².